The molecule has 1 atom stereocenters. The fourth-order valence-corrected chi connectivity index (χ4v) is 3.30. The van der Waals surface area contributed by atoms with E-state index < -0.39 is 0 Å². The van der Waals surface area contributed by atoms with Crippen molar-refractivity contribution in [2.24, 2.45) is 4.99 Å². The molecule has 0 saturated carbocycles. The third-order valence-corrected chi connectivity index (χ3v) is 4.80. The van der Waals surface area contributed by atoms with Crippen LogP contribution in [0.15, 0.2) is 59.6 Å². The van der Waals surface area contributed by atoms with Crippen molar-refractivity contribution in [1.29, 1.82) is 0 Å². The van der Waals surface area contributed by atoms with E-state index >= 15 is 0 Å². The highest BCUT2D eigenvalue weighted by Gasteiger charge is 2.23. The zero-order valence-corrected chi connectivity index (χ0v) is 16.7. The molecule has 2 aromatic rings. The quantitative estimate of drug-likeness (QED) is 0.418. The summed E-state index contributed by atoms with van der Waals surface area (Å²) >= 11 is 0. The summed E-state index contributed by atoms with van der Waals surface area (Å²) in [4.78, 5) is 6.76. The second-order valence-corrected chi connectivity index (χ2v) is 6.79. The lowest BCUT2D eigenvalue weighted by molar-refractivity contribution is 0.308. The largest absolute Gasteiger partial charge is 0.497 e. The predicted molar refractivity (Wildman–Crippen MR) is 115 cm³/mol. The molecule has 1 unspecified atom stereocenters. The number of hydrogen-bond acceptors (Lipinski definition) is 4. The SMILES string of the molecule is CN=C(NCCCOc1cccc(OC)c1)NC1CCN(c2ccccc2)C1. The minimum absolute atomic E-state index is 0.402. The minimum Gasteiger partial charge on any atom is -0.497 e. The summed E-state index contributed by atoms with van der Waals surface area (Å²) in [5, 5.41) is 6.90. The number of benzene rings is 2. The first-order valence-corrected chi connectivity index (χ1v) is 9.82. The topological polar surface area (TPSA) is 58.1 Å². The van der Waals surface area contributed by atoms with E-state index in [9.17, 15) is 0 Å². The average molecular weight is 383 g/mol. The Hall–Kier alpha value is -2.89. The van der Waals surface area contributed by atoms with Crippen LogP contribution >= 0.6 is 0 Å². The normalized spacial score (nSPS) is 16.7. The van der Waals surface area contributed by atoms with Crippen molar-refractivity contribution in [2.45, 2.75) is 18.9 Å². The highest BCUT2D eigenvalue weighted by atomic mass is 16.5. The molecule has 6 nitrogen and oxygen atoms in total. The van der Waals surface area contributed by atoms with Gasteiger partial charge in [-0.2, -0.15) is 0 Å². The van der Waals surface area contributed by atoms with E-state index in [2.05, 4.69) is 50.9 Å². The third-order valence-electron chi connectivity index (χ3n) is 4.80. The smallest absolute Gasteiger partial charge is 0.191 e. The standard InChI is InChI=1S/C22H30N4O2/c1-23-22(24-13-7-15-28-21-11-6-10-20(16-21)27-2)25-18-12-14-26(17-18)19-8-4-3-5-9-19/h3-6,8-11,16,18H,7,12-15,17H2,1-2H3,(H2,23,24,25). The highest BCUT2D eigenvalue weighted by Crippen LogP contribution is 2.20. The Balaban J connectivity index is 1.35. The first-order chi connectivity index (χ1) is 13.8. The molecule has 0 radical (unpaired) electrons. The van der Waals surface area contributed by atoms with E-state index in [-0.39, 0.29) is 0 Å². The number of guanidine groups is 1. The van der Waals surface area contributed by atoms with Crippen LogP contribution in [0.2, 0.25) is 0 Å². The van der Waals surface area contributed by atoms with Gasteiger partial charge < -0.3 is 25.0 Å². The van der Waals surface area contributed by atoms with Gasteiger partial charge in [-0.05, 0) is 37.1 Å². The van der Waals surface area contributed by atoms with E-state index in [4.69, 9.17) is 9.47 Å². The molecule has 0 amide bonds. The number of para-hydroxylation sites is 1. The lowest BCUT2D eigenvalue weighted by atomic mass is 10.3. The van der Waals surface area contributed by atoms with Gasteiger partial charge in [-0.15, -0.1) is 0 Å². The maximum absolute atomic E-state index is 5.77. The van der Waals surface area contributed by atoms with E-state index in [1.807, 2.05) is 31.3 Å². The highest BCUT2D eigenvalue weighted by molar-refractivity contribution is 5.80. The number of rotatable bonds is 8. The number of ether oxygens (including phenoxy) is 2. The molecule has 0 aromatic heterocycles. The van der Waals surface area contributed by atoms with Crippen LogP contribution in [0.3, 0.4) is 0 Å². The fraction of sp³-hybridized carbons (Fsp3) is 0.409. The predicted octanol–water partition coefficient (Wildman–Crippen LogP) is 2.91. The van der Waals surface area contributed by atoms with E-state index in [1.54, 1.807) is 7.11 Å². The van der Waals surface area contributed by atoms with Crippen LogP contribution in [0, 0.1) is 0 Å². The fourth-order valence-electron chi connectivity index (χ4n) is 3.30. The van der Waals surface area contributed by atoms with Crippen molar-refractivity contribution < 1.29 is 9.47 Å². The number of nitrogens with zero attached hydrogens (tertiary/aromatic N) is 2. The van der Waals surface area contributed by atoms with Gasteiger partial charge in [-0.1, -0.05) is 24.3 Å². The Kier molecular flexibility index (Phi) is 7.41. The summed E-state index contributed by atoms with van der Waals surface area (Å²) in [5.74, 6) is 2.48. The molecular weight excluding hydrogens is 352 g/mol. The van der Waals surface area contributed by atoms with Crippen molar-refractivity contribution in [2.75, 3.05) is 45.3 Å². The van der Waals surface area contributed by atoms with Gasteiger partial charge in [-0.3, -0.25) is 4.99 Å². The number of aliphatic imine (C=N–C) groups is 1. The molecule has 3 rings (SSSR count). The minimum atomic E-state index is 0.402. The first-order valence-electron chi connectivity index (χ1n) is 9.82. The second kappa shape index (κ2) is 10.4. The number of methoxy groups -OCH3 is 1. The van der Waals surface area contributed by atoms with Crippen LogP contribution in [0.4, 0.5) is 5.69 Å². The van der Waals surface area contributed by atoms with Crippen molar-refractivity contribution in [3.05, 3.63) is 54.6 Å². The molecule has 1 heterocycles. The van der Waals surface area contributed by atoms with Crippen molar-refractivity contribution in [3.63, 3.8) is 0 Å². The molecule has 1 aliphatic rings. The second-order valence-electron chi connectivity index (χ2n) is 6.79. The van der Waals surface area contributed by atoms with Crippen LogP contribution in [0.25, 0.3) is 0 Å². The monoisotopic (exact) mass is 382 g/mol. The van der Waals surface area contributed by atoms with Gasteiger partial charge >= 0.3 is 0 Å². The van der Waals surface area contributed by atoms with Gasteiger partial charge in [0.15, 0.2) is 5.96 Å². The summed E-state index contributed by atoms with van der Waals surface area (Å²) < 4.78 is 11.0. The lowest BCUT2D eigenvalue weighted by Crippen LogP contribution is -2.45. The van der Waals surface area contributed by atoms with Gasteiger partial charge in [0.1, 0.15) is 11.5 Å². The number of nitrogens with one attached hydrogen (secondary N) is 2. The van der Waals surface area contributed by atoms with E-state index in [0.29, 0.717) is 12.6 Å². The molecule has 2 aromatic carbocycles. The van der Waals surface area contributed by atoms with E-state index in [1.165, 1.54) is 5.69 Å². The average Bonchev–Trinajstić information content (AvgIpc) is 3.22. The van der Waals surface area contributed by atoms with Crippen LogP contribution in [0.5, 0.6) is 11.5 Å². The Morgan fingerprint density at radius 3 is 2.75 bits per heavy atom. The van der Waals surface area contributed by atoms with Gasteiger partial charge in [-0.25, -0.2) is 0 Å². The molecule has 0 spiro atoms. The van der Waals surface area contributed by atoms with E-state index in [0.717, 1.165) is 49.9 Å². The molecule has 0 aliphatic carbocycles. The molecule has 2 N–H and O–H groups in total. The molecule has 6 heteroatoms. The molecule has 1 aliphatic heterocycles. The molecule has 150 valence electrons. The zero-order valence-electron chi connectivity index (χ0n) is 16.7. The van der Waals surface area contributed by atoms with Gasteiger partial charge in [0.25, 0.3) is 0 Å². The van der Waals surface area contributed by atoms with Crippen LogP contribution in [-0.2, 0) is 0 Å². The van der Waals surface area contributed by atoms with Crippen LogP contribution < -0.4 is 25.0 Å². The Bertz CT molecular complexity index is 751. The summed E-state index contributed by atoms with van der Waals surface area (Å²) in [6.45, 7) is 3.50. The summed E-state index contributed by atoms with van der Waals surface area (Å²) in [6, 6.07) is 18.6. The van der Waals surface area contributed by atoms with Gasteiger partial charge in [0, 0.05) is 44.5 Å². The molecule has 0 bridgehead atoms. The van der Waals surface area contributed by atoms with Crippen LogP contribution in [0.1, 0.15) is 12.8 Å². The van der Waals surface area contributed by atoms with Crippen LogP contribution in [-0.4, -0.2) is 52.4 Å². The van der Waals surface area contributed by atoms with Crippen molar-refractivity contribution in [1.82, 2.24) is 10.6 Å². The Morgan fingerprint density at radius 2 is 1.96 bits per heavy atom. The summed E-state index contributed by atoms with van der Waals surface area (Å²) in [7, 11) is 3.47. The third kappa shape index (κ3) is 5.81. The molecule has 28 heavy (non-hydrogen) atoms. The summed E-state index contributed by atoms with van der Waals surface area (Å²) in [5.41, 5.74) is 1.28. The van der Waals surface area contributed by atoms with Gasteiger partial charge in [0.2, 0.25) is 0 Å². The lowest BCUT2D eigenvalue weighted by Gasteiger charge is -2.20. The maximum Gasteiger partial charge on any atom is 0.191 e. The Labute approximate surface area is 167 Å². The molecule has 1 fully saturated rings. The first kappa shape index (κ1) is 19.9. The molecular formula is C22H30N4O2. The van der Waals surface area contributed by atoms with Crippen molar-refractivity contribution in [3.8, 4) is 11.5 Å². The molecule has 1 saturated heterocycles. The van der Waals surface area contributed by atoms with Gasteiger partial charge in [0.05, 0.1) is 13.7 Å². The maximum atomic E-state index is 5.77. The van der Waals surface area contributed by atoms with Crippen molar-refractivity contribution >= 4 is 11.6 Å². The zero-order chi connectivity index (χ0) is 19.6. The number of anilines is 1. The Morgan fingerprint density at radius 1 is 1.14 bits per heavy atom. The summed E-state index contributed by atoms with van der Waals surface area (Å²) in [6.07, 6.45) is 1.99. The number of hydrogen-bond donors (Lipinski definition) is 2.